The van der Waals surface area contributed by atoms with Crippen molar-refractivity contribution in [2.24, 2.45) is 5.92 Å². The zero-order valence-corrected chi connectivity index (χ0v) is 15.1. The van der Waals surface area contributed by atoms with Crippen LogP contribution in [0.3, 0.4) is 0 Å². The Bertz CT molecular complexity index is 878. The van der Waals surface area contributed by atoms with Crippen molar-refractivity contribution in [3.63, 3.8) is 0 Å². The highest BCUT2D eigenvalue weighted by Gasteiger charge is 2.40. The normalized spacial score (nSPS) is 23.6. The van der Waals surface area contributed by atoms with Gasteiger partial charge in [0.25, 0.3) is 0 Å². The van der Waals surface area contributed by atoms with Crippen LogP contribution in [0, 0.1) is 5.92 Å². The summed E-state index contributed by atoms with van der Waals surface area (Å²) in [6.07, 6.45) is 5.37. The van der Waals surface area contributed by atoms with Gasteiger partial charge in [0.15, 0.2) is 0 Å². The molecule has 25 heavy (non-hydrogen) atoms. The van der Waals surface area contributed by atoms with Crippen LogP contribution in [0.2, 0.25) is 10.0 Å². The number of fused-ring (bicyclic) bond motifs is 3. The average molecular weight is 374 g/mol. The van der Waals surface area contributed by atoms with E-state index in [0.29, 0.717) is 21.5 Å². The first-order valence-electron chi connectivity index (χ1n) is 8.20. The van der Waals surface area contributed by atoms with E-state index in [9.17, 15) is 4.79 Å². The topological polar surface area (TPSA) is 38.3 Å². The average Bonchev–Trinajstić information content (AvgIpc) is 3.12. The van der Waals surface area contributed by atoms with Crippen molar-refractivity contribution in [2.75, 3.05) is 12.4 Å². The summed E-state index contributed by atoms with van der Waals surface area (Å²) >= 11 is 12.7. The summed E-state index contributed by atoms with van der Waals surface area (Å²) in [5.74, 6) is 0.220. The number of ether oxygens (including phenoxy) is 1. The van der Waals surface area contributed by atoms with Crippen molar-refractivity contribution in [3.8, 4) is 0 Å². The number of anilines is 1. The summed E-state index contributed by atoms with van der Waals surface area (Å²) < 4.78 is 4.95. The predicted octanol–water partition coefficient (Wildman–Crippen LogP) is 5.61. The van der Waals surface area contributed by atoms with Crippen molar-refractivity contribution in [2.45, 2.75) is 18.4 Å². The van der Waals surface area contributed by atoms with E-state index in [-0.39, 0.29) is 17.9 Å². The van der Waals surface area contributed by atoms with Gasteiger partial charge in [-0.1, -0.05) is 59.6 Å². The molecule has 0 bridgehead atoms. The molecule has 0 unspecified atom stereocenters. The maximum atomic E-state index is 12.2. The molecule has 0 saturated heterocycles. The van der Waals surface area contributed by atoms with Crippen molar-refractivity contribution >= 4 is 34.9 Å². The quantitative estimate of drug-likeness (QED) is 0.549. The van der Waals surface area contributed by atoms with Gasteiger partial charge in [0.05, 0.1) is 34.4 Å². The third kappa shape index (κ3) is 2.62. The monoisotopic (exact) mass is 373 g/mol. The van der Waals surface area contributed by atoms with E-state index in [1.54, 1.807) is 12.1 Å². The minimum absolute atomic E-state index is 0.0236. The highest BCUT2D eigenvalue weighted by atomic mass is 35.5. The lowest BCUT2D eigenvalue weighted by atomic mass is 9.76. The number of rotatable bonds is 2. The summed E-state index contributed by atoms with van der Waals surface area (Å²) in [5.41, 5.74) is 3.44. The van der Waals surface area contributed by atoms with E-state index < -0.39 is 0 Å². The third-order valence-corrected chi connectivity index (χ3v) is 5.95. The molecule has 1 aliphatic heterocycles. The van der Waals surface area contributed by atoms with Gasteiger partial charge in [-0.15, -0.1) is 0 Å². The molecule has 1 aliphatic carbocycles. The second-order valence-electron chi connectivity index (χ2n) is 6.38. The zero-order chi connectivity index (χ0) is 17.6. The summed E-state index contributed by atoms with van der Waals surface area (Å²) in [4.78, 5) is 12.2. The van der Waals surface area contributed by atoms with Gasteiger partial charge in [0.2, 0.25) is 0 Å². The number of halogens is 2. The molecule has 4 rings (SSSR count). The molecular weight excluding hydrogens is 357 g/mol. The molecule has 1 heterocycles. The number of carbonyl (C=O) groups is 1. The number of hydrogen-bond acceptors (Lipinski definition) is 3. The molecule has 0 radical (unpaired) electrons. The summed E-state index contributed by atoms with van der Waals surface area (Å²) in [6.45, 7) is 0. The standard InChI is InChI=1S/C20H17Cl2NO2/c1-25-20(24)15-9-3-7-13-11-5-2-6-12(11)18(23-19(13)15)14-8-4-10-16(21)17(14)22/h2-5,7-12,18,23H,6H2,1H3/t11-,12+,18+/m1/s1. The molecule has 3 atom stereocenters. The van der Waals surface area contributed by atoms with Gasteiger partial charge < -0.3 is 10.1 Å². The molecule has 0 aromatic heterocycles. The number of hydrogen-bond donors (Lipinski definition) is 1. The number of allylic oxidation sites excluding steroid dienone is 2. The fraction of sp³-hybridized carbons (Fsp3) is 0.250. The molecular formula is C20H17Cl2NO2. The third-order valence-electron chi connectivity index (χ3n) is 5.12. The number of benzene rings is 2. The molecule has 0 saturated carbocycles. The maximum Gasteiger partial charge on any atom is 0.339 e. The number of esters is 1. The first-order chi connectivity index (χ1) is 12.1. The van der Waals surface area contributed by atoms with Crippen molar-refractivity contribution in [3.05, 3.63) is 75.3 Å². The van der Waals surface area contributed by atoms with Crippen molar-refractivity contribution in [1.82, 2.24) is 0 Å². The Morgan fingerprint density at radius 3 is 2.72 bits per heavy atom. The Balaban J connectivity index is 1.86. The lowest BCUT2D eigenvalue weighted by Gasteiger charge is -2.38. The second kappa shape index (κ2) is 6.40. The van der Waals surface area contributed by atoms with Gasteiger partial charge in [-0.25, -0.2) is 4.79 Å². The molecule has 2 aromatic carbocycles. The number of nitrogens with one attached hydrogen (secondary N) is 1. The van der Waals surface area contributed by atoms with Crippen LogP contribution in [0.4, 0.5) is 5.69 Å². The molecule has 0 amide bonds. The van der Waals surface area contributed by atoms with E-state index in [4.69, 9.17) is 27.9 Å². The Kier molecular flexibility index (Phi) is 4.22. The van der Waals surface area contributed by atoms with Crippen LogP contribution < -0.4 is 5.32 Å². The smallest absolute Gasteiger partial charge is 0.339 e. The number of para-hydroxylation sites is 1. The second-order valence-corrected chi connectivity index (χ2v) is 7.17. The van der Waals surface area contributed by atoms with Crippen molar-refractivity contribution < 1.29 is 9.53 Å². The Morgan fingerprint density at radius 2 is 1.92 bits per heavy atom. The van der Waals surface area contributed by atoms with E-state index in [0.717, 1.165) is 23.2 Å². The number of carbonyl (C=O) groups excluding carboxylic acids is 1. The fourth-order valence-electron chi connectivity index (χ4n) is 3.97. The molecule has 2 aromatic rings. The van der Waals surface area contributed by atoms with Gasteiger partial charge in [-0.05, 0) is 35.6 Å². The van der Waals surface area contributed by atoms with Crippen LogP contribution in [0.1, 0.15) is 39.9 Å². The first kappa shape index (κ1) is 16.5. The van der Waals surface area contributed by atoms with Gasteiger partial charge in [0, 0.05) is 5.92 Å². The van der Waals surface area contributed by atoms with E-state index in [2.05, 4.69) is 23.5 Å². The molecule has 0 spiro atoms. The lowest BCUT2D eigenvalue weighted by Crippen LogP contribution is -2.30. The van der Waals surface area contributed by atoms with Gasteiger partial charge >= 0.3 is 5.97 Å². The zero-order valence-electron chi connectivity index (χ0n) is 13.6. The Hall–Kier alpha value is -1.97. The Morgan fingerprint density at radius 1 is 1.16 bits per heavy atom. The summed E-state index contributed by atoms with van der Waals surface area (Å²) in [6, 6.07) is 11.4. The molecule has 1 N–H and O–H groups in total. The van der Waals surface area contributed by atoms with Crippen LogP contribution >= 0.6 is 23.2 Å². The summed E-state index contributed by atoms with van der Waals surface area (Å²) in [7, 11) is 1.40. The van der Waals surface area contributed by atoms with E-state index >= 15 is 0 Å². The van der Waals surface area contributed by atoms with Crippen molar-refractivity contribution in [1.29, 1.82) is 0 Å². The van der Waals surface area contributed by atoms with Crippen LogP contribution in [-0.4, -0.2) is 13.1 Å². The lowest BCUT2D eigenvalue weighted by molar-refractivity contribution is 0.0601. The molecule has 2 aliphatic rings. The van der Waals surface area contributed by atoms with Crippen LogP contribution in [0.15, 0.2) is 48.6 Å². The minimum Gasteiger partial charge on any atom is -0.465 e. The molecule has 0 fully saturated rings. The van der Waals surface area contributed by atoms with Crippen LogP contribution in [0.5, 0.6) is 0 Å². The van der Waals surface area contributed by atoms with Gasteiger partial charge in [-0.2, -0.15) is 0 Å². The largest absolute Gasteiger partial charge is 0.465 e. The Labute approximate surface area is 156 Å². The fourth-order valence-corrected chi connectivity index (χ4v) is 4.40. The molecule has 3 nitrogen and oxygen atoms in total. The number of methoxy groups -OCH3 is 1. The van der Waals surface area contributed by atoms with E-state index in [1.165, 1.54) is 7.11 Å². The molecule has 5 heteroatoms. The highest BCUT2D eigenvalue weighted by Crippen LogP contribution is 2.52. The maximum absolute atomic E-state index is 12.2. The van der Waals surface area contributed by atoms with Crippen LogP contribution in [0.25, 0.3) is 0 Å². The van der Waals surface area contributed by atoms with Gasteiger partial charge in [-0.3, -0.25) is 0 Å². The SMILES string of the molecule is COC(=O)c1cccc2c1N[C@H](c1cccc(Cl)c1Cl)[C@H]1CC=C[C@@H]21. The molecule has 128 valence electrons. The van der Waals surface area contributed by atoms with Gasteiger partial charge in [0.1, 0.15) is 0 Å². The van der Waals surface area contributed by atoms with Crippen LogP contribution in [-0.2, 0) is 4.74 Å². The minimum atomic E-state index is -0.347. The predicted molar refractivity (Wildman–Crippen MR) is 101 cm³/mol. The highest BCUT2D eigenvalue weighted by molar-refractivity contribution is 6.42. The van der Waals surface area contributed by atoms with E-state index in [1.807, 2.05) is 18.2 Å². The first-order valence-corrected chi connectivity index (χ1v) is 8.95. The summed E-state index contributed by atoms with van der Waals surface area (Å²) in [5, 5.41) is 4.65.